The van der Waals surface area contributed by atoms with Gasteiger partial charge in [-0.15, -0.1) is 11.8 Å². The van der Waals surface area contributed by atoms with E-state index < -0.39 is 5.97 Å². The summed E-state index contributed by atoms with van der Waals surface area (Å²) in [5, 5.41) is 21.2. The van der Waals surface area contributed by atoms with Crippen molar-refractivity contribution in [2.24, 2.45) is 0 Å². The highest BCUT2D eigenvalue weighted by Crippen LogP contribution is 2.28. The van der Waals surface area contributed by atoms with Gasteiger partial charge in [-0.1, -0.05) is 24.3 Å². The van der Waals surface area contributed by atoms with E-state index in [9.17, 15) is 4.79 Å². The van der Waals surface area contributed by atoms with Gasteiger partial charge < -0.3 is 5.11 Å². The van der Waals surface area contributed by atoms with Crippen LogP contribution in [0.1, 0.15) is 21.5 Å². The zero-order valence-electron chi connectivity index (χ0n) is 14.9. The van der Waals surface area contributed by atoms with Crippen molar-refractivity contribution in [3.05, 3.63) is 83.6 Å². The van der Waals surface area contributed by atoms with Crippen molar-refractivity contribution >= 4 is 39.4 Å². The molecule has 0 bridgehead atoms. The summed E-state index contributed by atoms with van der Waals surface area (Å²) in [7, 11) is 0. The van der Waals surface area contributed by atoms with Crippen LogP contribution in [-0.4, -0.2) is 21.8 Å². The van der Waals surface area contributed by atoms with Gasteiger partial charge in [0, 0.05) is 22.2 Å². The van der Waals surface area contributed by atoms with Crippen LogP contribution in [0.3, 0.4) is 0 Å². The lowest BCUT2D eigenvalue weighted by Gasteiger charge is -2.07. The molecule has 0 unspecified atom stereocenters. The van der Waals surface area contributed by atoms with Crippen LogP contribution in [0, 0.1) is 11.3 Å². The predicted molar refractivity (Wildman–Crippen MR) is 112 cm³/mol. The average Bonchev–Trinajstić information content (AvgIpc) is 2.73. The topological polar surface area (TPSA) is 74.0 Å². The molecule has 0 saturated carbocycles. The van der Waals surface area contributed by atoms with Crippen molar-refractivity contribution < 1.29 is 9.90 Å². The normalized spacial score (nSPS) is 10.8. The molecule has 1 aromatic heterocycles. The SMILES string of the molecule is N#Cc1ccc2nccc(SCCc3ccc4cc(C(=O)O)ccc4c3)c2c1. The first-order valence-corrected chi connectivity index (χ1v) is 9.80. The third kappa shape index (κ3) is 3.68. The van der Waals surface area contributed by atoms with Crippen LogP contribution in [0.25, 0.3) is 21.7 Å². The fraction of sp³-hybridized carbons (Fsp3) is 0.0870. The number of hydrogen-bond donors (Lipinski definition) is 1. The Morgan fingerprint density at radius 1 is 1.04 bits per heavy atom. The van der Waals surface area contributed by atoms with E-state index in [2.05, 4.69) is 17.1 Å². The Labute approximate surface area is 166 Å². The van der Waals surface area contributed by atoms with Crippen LogP contribution < -0.4 is 0 Å². The standard InChI is InChI=1S/C23H16N2O2S/c24-14-16-2-6-21-20(12-16)22(7-9-25-21)28-10-8-15-1-3-18-13-19(23(26)27)5-4-17(18)11-15/h1-7,9,11-13H,8,10H2,(H,26,27). The van der Waals surface area contributed by atoms with Crippen LogP contribution >= 0.6 is 11.8 Å². The number of nitrogens with zero attached hydrogens (tertiary/aromatic N) is 2. The van der Waals surface area contributed by atoms with Crippen molar-refractivity contribution in [1.82, 2.24) is 4.98 Å². The Kier molecular flexibility index (Phi) is 4.96. The van der Waals surface area contributed by atoms with Gasteiger partial charge in [0.2, 0.25) is 0 Å². The highest BCUT2D eigenvalue weighted by Gasteiger charge is 2.06. The lowest BCUT2D eigenvalue weighted by Crippen LogP contribution is -1.95. The van der Waals surface area contributed by atoms with Gasteiger partial charge >= 0.3 is 5.97 Å². The van der Waals surface area contributed by atoms with E-state index in [0.717, 1.165) is 38.7 Å². The maximum Gasteiger partial charge on any atom is 0.335 e. The first-order valence-electron chi connectivity index (χ1n) is 8.82. The molecule has 3 aromatic carbocycles. The lowest BCUT2D eigenvalue weighted by molar-refractivity contribution is 0.0697. The number of aromatic carboxylic acids is 1. The molecule has 0 spiro atoms. The summed E-state index contributed by atoms with van der Waals surface area (Å²) in [6.07, 6.45) is 2.69. The van der Waals surface area contributed by atoms with Gasteiger partial charge in [0.15, 0.2) is 0 Å². The predicted octanol–water partition coefficient (Wildman–Crippen LogP) is 5.29. The number of pyridine rings is 1. The molecular formula is C23H16N2O2S. The molecule has 5 heteroatoms. The maximum atomic E-state index is 11.1. The van der Waals surface area contributed by atoms with Crippen LogP contribution in [0.15, 0.2) is 71.8 Å². The first-order chi connectivity index (χ1) is 13.6. The van der Waals surface area contributed by atoms with Crippen molar-refractivity contribution in [3.63, 3.8) is 0 Å². The van der Waals surface area contributed by atoms with Gasteiger partial charge in [-0.05, 0) is 59.2 Å². The number of rotatable bonds is 5. The monoisotopic (exact) mass is 384 g/mol. The number of fused-ring (bicyclic) bond motifs is 2. The minimum atomic E-state index is -0.911. The summed E-state index contributed by atoms with van der Waals surface area (Å²) in [4.78, 5) is 16.6. The highest BCUT2D eigenvalue weighted by molar-refractivity contribution is 7.99. The molecule has 0 aliphatic heterocycles. The molecule has 0 amide bonds. The zero-order valence-corrected chi connectivity index (χ0v) is 15.7. The number of aromatic nitrogens is 1. The zero-order chi connectivity index (χ0) is 19.5. The second-order valence-corrected chi connectivity index (χ2v) is 7.59. The average molecular weight is 384 g/mol. The van der Waals surface area contributed by atoms with Crippen molar-refractivity contribution in [2.75, 3.05) is 5.75 Å². The summed E-state index contributed by atoms with van der Waals surface area (Å²) < 4.78 is 0. The minimum Gasteiger partial charge on any atom is -0.478 e. The van der Waals surface area contributed by atoms with Crippen molar-refractivity contribution in [2.45, 2.75) is 11.3 Å². The smallest absolute Gasteiger partial charge is 0.335 e. The van der Waals surface area contributed by atoms with Gasteiger partial charge in [0.1, 0.15) is 0 Å². The number of carboxylic acids is 1. The summed E-state index contributed by atoms with van der Waals surface area (Å²) in [5.74, 6) is -0.0132. The van der Waals surface area contributed by atoms with Gasteiger partial charge in [0.25, 0.3) is 0 Å². The van der Waals surface area contributed by atoms with Crippen molar-refractivity contribution in [1.29, 1.82) is 5.26 Å². The summed E-state index contributed by atoms with van der Waals surface area (Å²) in [6.45, 7) is 0. The summed E-state index contributed by atoms with van der Waals surface area (Å²) >= 11 is 1.75. The third-order valence-corrected chi connectivity index (χ3v) is 5.71. The molecule has 4 nitrogen and oxygen atoms in total. The molecule has 136 valence electrons. The largest absolute Gasteiger partial charge is 0.478 e. The maximum absolute atomic E-state index is 11.1. The first kappa shape index (κ1) is 18.0. The third-order valence-electron chi connectivity index (χ3n) is 4.63. The molecule has 1 N–H and O–H groups in total. The molecule has 0 fully saturated rings. The molecule has 1 heterocycles. The van der Waals surface area contributed by atoms with Crippen LogP contribution in [-0.2, 0) is 6.42 Å². The highest BCUT2D eigenvalue weighted by atomic mass is 32.2. The second kappa shape index (κ2) is 7.71. The number of nitriles is 1. The van der Waals surface area contributed by atoms with E-state index in [1.807, 2.05) is 36.4 Å². The number of thioether (sulfide) groups is 1. The van der Waals surface area contributed by atoms with Crippen molar-refractivity contribution in [3.8, 4) is 6.07 Å². The van der Waals surface area contributed by atoms with Crippen LogP contribution in [0.2, 0.25) is 0 Å². The number of benzene rings is 3. The fourth-order valence-corrected chi connectivity index (χ4v) is 4.21. The molecule has 0 saturated heterocycles. The summed E-state index contributed by atoms with van der Waals surface area (Å²) in [6, 6.07) is 21.1. The quantitative estimate of drug-likeness (QED) is 0.473. The Morgan fingerprint density at radius 2 is 1.86 bits per heavy atom. The van der Waals surface area contributed by atoms with Crippen LogP contribution in [0.5, 0.6) is 0 Å². The van der Waals surface area contributed by atoms with E-state index in [0.29, 0.717) is 11.1 Å². The van der Waals surface area contributed by atoms with E-state index >= 15 is 0 Å². The summed E-state index contributed by atoms with van der Waals surface area (Å²) in [5.41, 5.74) is 3.04. The number of aryl methyl sites for hydroxylation is 1. The molecular weight excluding hydrogens is 368 g/mol. The minimum absolute atomic E-state index is 0.303. The van der Waals surface area contributed by atoms with Gasteiger partial charge in [-0.2, -0.15) is 5.26 Å². The lowest BCUT2D eigenvalue weighted by atomic mass is 10.0. The molecule has 0 aliphatic rings. The number of carbonyl (C=O) groups is 1. The van der Waals surface area contributed by atoms with Gasteiger partial charge in [-0.25, -0.2) is 4.79 Å². The Morgan fingerprint density at radius 3 is 2.68 bits per heavy atom. The molecule has 0 atom stereocenters. The van der Waals surface area contributed by atoms with Crippen LogP contribution in [0.4, 0.5) is 0 Å². The van der Waals surface area contributed by atoms with E-state index in [1.165, 1.54) is 5.56 Å². The second-order valence-electron chi connectivity index (χ2n) is 6.45. The Hall–Kier alpha value is -3.36. The molecule has 4 aromatic rings. The molecule has 28 heavy (non-hydrogen) atoms. The number of hydrogen-bond acceptors (Lipinski definition) is 4. The van der Waals surface area contributed by atoms with Gasteiger partial charge in [-0.3, -0.25) is 4.98 Å². The Bertz CT molecular complexity index is 1240. The molecule has 4 rings (SSSR count). The number of carboxylic acid groups (broad SMARTS) is 1. The van der Waals surface area contributed by atoms with E-state index in [-0.39, 0.29) is 0 Å². The van der Waals surface area contributed by atoms with Gasteiger partial charge in [0.05, 0.1) is 22.7 Å². The van der Waals surface area contributed by atoms with E-state index in [4.69, 9.17) is 10.4 Å². The molecule has 0 radical (unpaired) electrons. The Balaban J connectivity index is 1.51. The molecule has 0 aliphatic carbocycles. The van der Waals surface area contributed by atoms with E-state index in [1.54, 1.807) is 36.2 Å². The fourth-order valence-electron chi connectivity index (χ4n) is 3.18.